The van der Waals surface area contributed by atoms with E-state index in [0.29, 0.717) is 5.92 Å². The highest BCUT2D eigenvalue weighted by atomic mass is 35.5. The summed E-state index contributed by atoms with van der Waals surface area (Å²) in [6.45, 7) is 4.12. The molecular formula is C8H14ClN3. The fraction of sp³-hybridized carbons (Fsp3) is 0.750. The van der Waals surface area contributed by atoms with Crippen LogP contribution in [0.3, 0.4) is 0 Å². The molecule has 0 aromatic carbocycles. The molecular weight excluding hydrogens is 174 g/mol. The summed E-state index contributed by atoms with van der Waals surface area (Å²) in [5.41, 5.74) is 0. The Morgan fingerprint density at radius 3 is 2.67 bits per heavy atom. The number of aromatic nitrogens is 3. The zero-order valence-corrected chi connectivity index (χ0v) is 8.41. The van der Waals surface area contributed by atoms with E-state index in [1.54, 1.807) is 11.0 Å². The van der Waals surface area contributed by atoms with Crippen molar-refractivity contribution < 1.29 is 0 Å². The van der Waals surface area contributed by atoms with Gasteiger partial charge in [0.2, 0.25) is 0 Å². The van der Waals surface area contributed by atoms with Gasteiger partial charge >= 0.3 is 0 Å². The first-order valence-corrected chi connectivity index (χ1v) is 4.52. The second-order valence-corrected chi connectivity index (χ2v) is 3.85. The molecule has 0 aliphatic carbocycles. The van der Waals surface area contributed by atoms with E-state index >= 15 is 0 Å². The average molecular weight is 188 g/mol. The second-order valence-electron chi connectivity index (χ2n) is 3.16. The summed E-state index contributed by atoms with van der Waals surface area (Å²) in [4.78, 5) is 4.13. The first-order valence-electron chi connectivity index (χ1n) is 4.08. The molecule has 2 atom stereocenters. The highest BCUT2D eigenvalue weighted by molar-refractivity contribution is 6.20. The maximum Gasteiger partial charge on any atom is 0.138 e. The lowest BCUT2D eigenvalue weighted by atomic mass is 10.0. The zero-order chi connectivity index (χ0) is 9.14. The highest BCUT2D eigenvalue weighted by Crippen LogP contribution is 2.13. The molecule has 1 rings (SSSR count). The molecule has 68 valence electrons. The molecule has 0 spiro atoms. The Balaban J connectivity index is 2.58. The van der Waals surface area contributed by atoms with E-state index in [2.05, 4.69) is 17.0 Å². The normalized spacial score (nSPS) is 16.0. The maximum absolute atomic E-state index is 5.94. The number of alkyl halides is 1. The van der Waals surface area contributed by atoms with Crippen molar-refractivity contribution in [2.45, 2.75) is 25.6 Å². The summed E-state index contributed by atoms with van der Waals surface area (Å²) in [7, 11) is 1.90. The second kappa shape index (κ2) is 3.90. The van der Waals surface area contributed by atoms with Gasteiger partial charge in [-0.25, -0.2) is 4.98 Å². The number of aryl methyl sites for hydroxylation is 1. The Hall–Kier alpha value is -0.570. The minimum Gasteiger partial charge on any atom is -0.253 e. The Kier molecular flexibility index (Phi) is 3.09. The zero-order valence-electron chi connectivity index (χ0n) is 7.66. The lowest BCUT2D eigenvalue weighted by Gasteiger charge is -2.12. The Morgan fingerprint density at radius 2 is 2.25 bits per heavy atom. The highest BCUT2D eigenvalue weighted by Gasteiger charge is 2.12. The van der Waals surface area contributed by atoms with Crippen LogP contribution in [-0.4, -0.2) is 20.1 Å². The van der Waals surface area contributed by atoms with Gasteiger partial charge in [0.25, 0.3) is 0 Å². The molecule has 4 heteroatoms. The van der Waals surface area contributed by atoms with Gasteiger partial charge in [-0.05, 0) is 12.8 Å². The largest absolute Gasteiger partial charge is 0.253 e. The van der Waals surface area contributed by atoms with Gasteiger partial charge in [-0.15, -0.1) is 11.6 Å². The summed E-state index contributed by atoms with van der Waals surface area (Å²) >= 11 is 5.94. The van der Waals surface area contributed by atoms with Crippen molar-refractivity contribution in [2.24, 2.45) is 13.0 Å². The standard InChI is InChI=1S/C8H14ClN3/c1-6(7(2)9)4-8-10-5-11-12(8)3/h5-7H,4H2,1-3H3. The summed E-state index contributed by atoms with van der Waals surface area (Å²) in [6, 6.07) is 0. The number of hydrogen-bond acceptors (Lipinski definition) is 2. The van der Waals surface area contributed by atoms with Crippen molar-refractivity contribution in [3.63, 3.8) is 0 Å². The molecule has 0 fully saturated rings. The van der Waals surface area contributed by atoms with Crippen molar-refractivity contribution in [1.82, 2.24) is 14.8 Å². The molecule has 0 aliphatic heterocycles. The van der Waals surface area contributed by atoms with Gasteiger partial charge in [0, 0.05) is 18.8 Å². The molecule has 1 heterocycles. The molecule has 1 aromatic rings. The van der Waals surface area contributed by atoms with E-state index in [4.69, 9.17) is 11.6 Å². The molecule has 1 aromatic heterocycles. The Morgan fingerprint density at radius 1 is 1.58 bits per heavy atom. The molecule has 3 nitrogen and oxygen atoms in total. The minimum absolute atomic E-state index is 0.182. The van der Waals surface area contributed by atoms with Crippen LogP contribution in [0.2, 0.25) is 0 Å². The topological polar surface area (TPSA) is 30.7 Å². The van der Waals surface area contributed by atoms with E-state index in [1.165, 1.54) is 0 Å². The minimum atomic E-state index is 0.182. The number of halogens is 1. The van der Waals surface area contributed by atoms with E-state index < -0.39 is 0 Å². The van der Waals surface area contributed by atoms with Crippen LogP contribution in [0.1, 0.15) is 19.7 Å². The lowest BCUT2D eigenvalue weighted by Crippen LogP contribution is -2.13. The van der Waals surface area contributed by atoms with Crippen molar-refractivity contribution in [2.75, 3.05) is 0 Å². The molecule has 0 saturated carbocycles. The predicted octanol–water partition coefficient (Wildman–Crippen LogP) is 1.62. The van der Waals surface area contributed by atoms with Crippen molar-refractivity contribution in [3.8, 4) is 0 Å². The summed E-state index contributed by atoms with van der Waals surface area (Å²) < 4.78 is 1.79. The fourth-order valence-electron chi connectivity index (χ4n) is 0.955. The molecule has 0 N–H and O–H groups in total. The molecule has 0 amide bonds. The maximum atomic E-state index is 5.94. The van der Waals surface area contributed by atoms with Crippen LogP contribution in [0.15, 0.2) is 6.33 Å². The third-order valence-electron chi connectivity index (χ3n) is 2.09. The molecule has 0 aliphatic rings. The number of nitrogens with zero attached hydrogens (tertiary/aromatic N) is 3. The van der Waals surface area contributed by atoms with Gasteiger partial charge < -0.3 is 0 Å². The monoisotopic (exact) mass is 187 g/mol. The first-order chi connectivity index (χ1) is 5.61. The van der Waals surface area contributed by atoms with Gasteiger partial charge in [-0.1, -0.05) is 6.92 Å². The Labute approximate surface area is 77.8 Å². The third kappa shape index (κ3) is 2.21. The van der Waals surface area contributed by atoms with Crippen molar-refractivity contribution in [3.05, 3.63) is 12.2 Å². The van der Waals surface area contributed by atoms with Gasteiger partial charge in [0.15, 0.2) is 0 Å². The summed E-state index contributed by atoms with van der Waals surface area (Å²) in [5, 5.41) is 4.17. The van der Waals surface area contributed by atoms with Crippen LogP contribution in [0.4, 0.5) is 0 Å². The van der Waals surface area contributed by atoms with E-state index in [9.17, 15) is 0 Å². The van der Waals surface area contributed by atoms with Gasteiger partial charge in [-0.2, -0.15) is 5.10 Å². The smallest absolute Gasteiger partial charge is 0.138 e. The first kappa shape index (κ1) is 9.52. The van der Waals surface area contributed by atoms with Crippen molar-refractivity contribution in [1.29, 1.82) is 0 Å². The van der Waals surface area contributed by atoms with Crippen LogP contribution >= 0.6 is 11.6 Å². The number of rotatable bonds is 3. The molecule has 0 bridgehead atoms. The van der Waals surface area contributed by atoms with Gasteiger partial charge in [0.1, 0.15) is 12.2 Å². The van der Waals surface area contributed by atoms with Gasteiger partial charge in [-0.3, -0.25) is 4.68 Å². The molecule has 0 radical (unpaired) electrons. The third-order valence-corrected chi connectivity index (χ3v) is 2.52. The van der Waals surface area contributed by atoms with Crippen LogP contribution in [0.5, 0.6) is 0 Å². The molecule has 2 unspecified atom stereocenters. The van der Waals surface area contributed by atoms with Crippen molar-refractivity contribution >= 4 is 11.6 Å². The van der Waals surface area contributed by atoms with E-state index in [-0.39, 0.29) is 5.38 Å². The van der Waals surface area contributed by atoms with E-state index in [1.807, 2.05) is 14.0 Å². The quantitative estimate of drug-likeness (QED) is 0.674. The number of hydrogen-bond donors (Lipinski definition) is 0. The summed E-state index contributed by atoms with van der Waals surface area (Å²) in [5.74, 6) is 1.43. The van der Waals surface area contributed by atoms with Crippen LogP contribution < -0.4 is 0 Å². The van der Waals surface area contributed by atoms with Crippen LogP contribution in [-0.2, 0) is 13.5 Å². The van der Waals surface area contributed by atoms with Crippen LogP contribution in [0, 0.1) is 5.92 Å². The van der Waals surface area contributed by atoms with Gasteiger partial charge in [0.05, 0.1) is 0 Å². The molecule has 12 heavy (non-hydrogen) atoms. The Bertz CT molecular complexity index is 244. The predicted molar refractivity (Wildman–Crippen MR) is 49.2 cm³/mol. The average Bonchev–Trinajstić information content (AvgIpc) is 2.36. The fourth-order valence-corrected chi connectivity index (χ4v) is 1.04. The summed E-state index contributed by atoms with van der Waals surface area (Å²) in [6.07, 6.45) is 2.46. The van der Waals surface area contributed by atoms with Crippen LogP contribution in [0.25, 0.3) is 0 Å². The SMILES string of the molecule is CC(Cl)C(C)Cc1ncnn1C. The lowest BCUT2D eigenvalue weighted by molar-refractivity contribution is 0.531. The van der Waals surface area contributed by atoms with E-state index in [0.717, 1.165) is 12.2 Å². The molecule has 0 saturated heterocycles.